The van der Waals surface area contributed by atoms with Crippen LogP contribution in [0.2, 0.25) is 0 Å². The largest absolute Gasteiger partial charge is 0.391 e. The molecular weight excluding hydrogens is 170 g/mol. The van der Waals surface area contributed by atoms with Gasteiger partial charge in [0.25, 0.3) is 5.91 Å². The number of nitrogens with zero attached hydrogens (tertiary/aromatic N) is 2. The summed E-state index contributed by atoms with van der Waals surface area (Å²) in [5.74, 6) is -0.0888. The summed E-state index contributed by atoms with van der Waals surface area (Å²) >= 11 is 0. The van der Waals surface area contributed by atoms with Gasteiger partial charge in [0.15, 0.2) is 0 Å². The molecule has 0 radical (unpaired) electrons. The molecule has 5 nitrogen and oxygen atoms in total. The van der Waals surface area contributed by atoms with E-state index < -0.39 is 0 Å². The standard InChI is InChI=1S/C8H11N3O2/c12-6-1-2-11(4-6)8(13)7-3-9-5-10-7/h3,5-6,12H,1-2,4H2,(H,9,10)/t6-/m0/s1. The Morgan fingerprint density at radius 1 is 1.77 bits per heavy atom. The van der Waals surface area contributed by atoms with Gasteiger partial charge in [0, 0.05) is 13.1 Å². The molecule has 0 bridgehead atoms. The highest BCUT2D eigenvalue weighted by Crippen LogP contribution is 2.11. The average molecular weight is 181 g/mol. The second kappa shape index (κ2) is 3.18. The number of aromatic nitrogens is 2. The molecule has 2 rings (SSSR count). The normalized spacial score (nSPS) is 22.2. The number of nitrogens with one attached hydrogen (secondary N) is 1. The third-order valence-electron chi connectivity index (χ3n) is 2.18. The van der Waals surface area contributed by atoms with E-state index >= 15 is 0 Å². The molecule has 1 aromatic rings. The third kappa shape index (κ3) is 1.55. The molecule has 0 aliphatic carbocycles. The Morgan fingerprint density at radius 2 is 2.62 bits per heavy atom. The quantitative estimate of drug-likeness (QED) is 0.620. The lowest BCUT2D eigenvalue weighted by Crippen LogP contribution is -2.29. The van der Waals surface area contributed by atoms with Gasteiger partial charge in [0.05, 0.1) is 18.6 Å². The Hall–Kier alpha value is -1.36. The van der Waals surface area contributed by atoms with Crippen molar-refractivity contribution in [2.45, 2.75) is 12.5 Å². The van der Waals surface area contributed by atoms with Gasteiger partial charge < -0.3 is 15.0 Å². The van der Waals surface area contributed by atoms with Gasteiger partial charge in [-0.3, -0.25) is 4.79 Å². The molecule has 1 amide bonds. The molecule has 0 saturated carbocycles. The second-order valence-electron chi connectivity index (χ2n) is 3.16. The van der Waals surface area contributed by atoms with E-state index in [2.05, 4.69) is 9.97 Å². The third-order valence-corrected chi connectivity index (χ3v) is 2.18. The number of carbonyl (C=O) groups is 1. The van der Waals surface area contributed by atoms with Crippen LogP contribution in [0.3, 0.4) is 0 Å². The van der Waals surface area contributed by atoms with Crippen molar-refractivity contribution in [3.05, 3.63) is 18.2 Å². The summed E-state index contributed by atoms with van der Waals surface area (Å²) in [4.78, 5) is 19.7. The first-order valence-electron chi connectivity index (χ1n) is 4.23. The van der Waals surface area contributed by atoms with Crippen molar-refractivity contribution in [3.8, 4) is 0 Å². The molecule has 1 aromatic heterocycles. The van der Waals surface area contributed by atoms with Gasteiger partial charge in [0.1, 0.15) is 5.69 Å². The number of H-pyrrole nitrogens is 1. The highest BCUT2D eigenvalue weighted by Gasteiger charge is 2.25. The van der Waals surface area contributed by atoms with E-state index in [1.165, 1.54) is 12.5 Å². The van der Waals surface area contributed by atoms with Gasteiger partial charge in [-0.2, -0.15) is 0 Å². The van der Waals surface area contributed by atoms with E-state index in [9.17, 15) is 9.90 Å². The van der Waals surface area contributed by atoms with Crippen LogP contribution in [0.15, 0.2) is 12.5 Å². The van der Waals surface area contributed by atoms with Crippen molar-refractivity contribution in [2.75, 3.05) is 13.1 Å². The summed E-state index contributed by atoms with van der Waals surface area (Å²) in [6, 6.07) is 0. The van der Waals surface area contributed by atoms with Crippen molar-refractivity contribution >= 4 is 5.91 Å². The van der Waals surface area contributed by atoms with Crippen LogP contribution in [0, 0.1) is 0 Å². The van der Waals surface area contributed by atoms with Gasteiger partial charge in [-0.1, -0.05) is 0 Å². The van der Waals surface area contributed by atoms with Crippen LogP contribution in [0.1, 0.15) is 16.9 Å². The summed E-state index contributed by atoms with van der Waals surface area (Å²) in [5, 5.41) is 9.23. The van der Waals surface area contributed by atoms with E-state index in [-0.39, 0.29) is 12.0 Å². The molecule has 1 fully saturated rings. The predicted molar refractivity (Wildman–Crippen MR) is 45.1 cm³/mol. The Labute approximate surface area is 75.4 Å². The number of aromatic amines is 1. The Morgan fingerprint density at radius 3 is 3.15 bits per heavy atom. The Balaban J connectivity index is 2.06. The molecule has 70 valence electrons. The lowest BCUT2D eigenvalue weighted by atomic mass is 10.3. The van der Waals surface area contributed by atoms with Crippen LogP contribution in [0.5, 0.6) is 0 Å². The van der Waals surface area contributed by atoms with Crippen molar-refractivity contribution in [1.29, 1.82) is 0 Å². The Bertz CT molecular complexity index is 296. The summed E-state index contributed by atoms with van der Waals surface area (Å²) in [7, 11) is 0. The van der Waals surface area contributed by atoms with Crippen molar-refractivity contribution in [2.24, 2.45) is 0 Å². The Kier molecular flexibility index (Phi) is 2.02. The molecular formula is C8H11N3O2. The predicted octanol–water partition coefficient (Wildman–Crippen LogP) is -0.383. The molecule has 0 aromatic carbocycles. The van der Waals surface area contributed by atoms with E-state index in [4.69, 9.17) is 0 Å². The number of rotatable bonds is 1. The first kappa shape index (κ1) is 8.25. The first-order valence-corrected chi connectivity index (χ1v) is 4.23. The fourth-order valence-electron chi connectivity index (χ4n) is 1.47. The van der Waals surface area contributed by atoms with E-state index in [1.54, 1.807) is 4.90 Å². The molecule has 1 aliphatic heterocycles. The minimum Gasteiger partial charge on any atom is -0.391 e. The maximum atomic E-state index is 11.6. The summed E-state index contributed by atoms with van der Waals surface area (Å²) in [5.41, 5.74) is 0.481. The number of β-amino-alcohol motifs (C(OH)–C–C–N with tert-alkyl or cyclic N) is 1. The minimum absolute atomic E-state index is 0.0888. The number of likely N-dealkylation sites (tertiary alicyclic amines) is 1. The van der Waals surface area contributed by atoms with Crippen molar-refractivity contribution < 1.29 is 9.90 Å². The second-order valence-corrected chi connectivity index (χ2v) is 3.16. The summed E-state index contributed by atoms with van der Waals surface area (Å²) in [6.07, 6.45) is 3.26. The number of hydrogen-bond acceptors (Lipinski definition) is 3. The molecule has 0 spiro atoms. The van der Waals surface area contributed by atoms with E-state index in [0.29, 0.717) is 25.2 Å². The average Bonchev–Trinajstić information content (AvgIpc) is 2.72. The van der Waals surface area contributed by atoms with Crippen LogP contribution >= 0.6 is 0 Å². The van der Waals surface area contributed by atoms with Crippen molar-refractivity contribution in [1.82, 2.24) is 14.9 Å². The zero-order valence-corrected chi connectivity index (χ0v) is 7.10. The number of aliphatic hydroxyl groups is 1. The van der Waals surface area contributed by atoms with Gasteiger partial charge in [0.2, 0.25) is 0 Å². The SMILES string of the molecule is O=C(c1cnc[nH]1)N1CC[C@H](O)C1. The molecule has 2 heterocycles. The minimum atomic E-state index is -0.369. The van der Waals surface area contributed by atoms with Crippen LogP contribution in [-0.4, -0.2) is 45.1 Å². The number of aliphatic hydroxyl groups excluding tert-OH is 1. The zero-order valence-electron chi connectivity index (χ0n) is 7.10. The van der Waals surface area contributed by atoms with Gasteiger partial charge >= 0.3 is 0 Å². The number of imidazole rings is 1. The maximum Gasteiger partial charge on any atom is 0.272 e. The number of carbonyl (C=O) groups excluding carboxylic acids is 1. The smallest absolute Gasteiger partial charge is 0.272 e. The molecule has 13 heavy (non-hydrogen) atoms. The van der Waals surface area contributed by atoms with Crippen molar-refractivity contribution in [3.63, 3.8) is 0 Å². The molecule has 0 unspecified atom stereocenters. The fourth-order valence-corrected chi connectivity index (χ4v) is 1.47. The van der Waals surface area contributed by atoms with E-state index in [1.807, 2.05) is 0 Å². The lowest BCUT2D eigenvalue weighted by molar-refractivity contribution is 0.0760. The molecule has 5 heteroatoms. The molecule has 2 N–H and O–H groups in total. The molecule has 1 saturated heterocycles. The van der Waals surface area contributed by atoms with E-state index in [0.717, 1.165) is 0 Å². The monoisotopic (exact) mass is 181 g/mol. The highest BCUT2D eigenvalue weighted by molar-refractivity contribution is 5.92. The first-order chi connectivity index (χ1) is 6.27. The highest BCUT2D eigenvalue weighted by atomic mass is 16.3. The fraction of sp³-hybridized carbons (Fsp3) is 0.500. The molecule has 1 aliphatic rings. The number of amides is 1. The maximum absolute atomic E-state index is 11.6. The van der Waals surface area contributed by atoms with Gasteiger partial charge in [-0.15, -0.1) is 0 Å². The van der Waals surface area contributed by atoms with Gasteiger partial charge in [-0.25, -0.2) is 4.98 Å². The van der Waals surface area contributed by atoms with Gasteiger partial charge in [-0.05, 0) is 6.42 Å². The van der Waals surface area contributed by atoms with Crippen LogP contribution in [0.25, 0.3) is 0 Å². The zero-order chi connectivity index (χ0) is 9.26. The lowest BCUT2D eigenvalue weighted by Gasteiger charge is -2.13. The van der Waals surface area contributed by atoms with Crippen LogP contribution < -0.4 is 0 Å². The summed E-state index contributed by atoms with van der Waals surface area (Å²) in [6.45, 7) is 1.05. The van der Waals surface area contributed by atoms with Crippen LogP contribution in [0.4, 0.5) is 0 Å². The summed E-state index contributed by atoms with van der Waals surface area (Å²) < 4.78 is 0. The number of hydrogen-bond donors (Lipinski definition) is 2. The molecule has 1 atom stereocenters. The van der Waals surface area contributed by atoms with Crippen LogP contribution in [-0.2, 0) is 0 Å². The topological polar surface area (TPSA) is 69.2 Å².